The molecule has 0 radical (unpaired) electrons. The number of fused-ring (bicyclic) bond motifs is 1. The molecule has 2 aliphatic rings. The summed E-state index contributed by atoms with van der Waals surface area (Å²) < 4.78 is 40.6. The number of nitrogens with zero attached hydrogens (tertiary/aromatic N) is 5. The van der Waals surface area contributed by atoms with Crippen LogP contribution in [0, 0.1) is 11.8 Å². The van der Waals surface area contributed by atoms with Crippen molar-refractivity contribution in [2.45, 2.75) is 43.6 Å². The number of thioether (sulfide) groups is 1. The molecule has 9 nitrogen and oxygen atoms in total. The minimum absolute atomic E-state index is 0.0434. The van der Waals surface area contributed by atoms with Gasteiger partial charge in [0.05, 0.1) is 6.54 Å². The molecule has 1 fully saturated rings. The van der Waals surface area contributed by atoms with Gasteiger partial charge in [-0.05, 0) is 6.92 Å². The lowest BCUT2D eigenvalue weighted by molar-refractivity contribution is -0.203. The summed E-state index contributed by atoms with van der Waals surface area (Å²) >= 11 is 1.28. The van der Waals surface area contributed by atoms with E-state index in [-0.39, 0.29) is 23.3 Å². The number of piperazine rings is 1. The highest BCUT2D eigenvalue weighted by atomic mass is 32.2. The topological polar surface area (TPSA) is 82.9 Å². The Bertz CT molecular complexity index is 981. The molecule has 0 amide bonds. The number of halogens is 3. The number of aromatic nitrogens is 2. The lowest BCUT2D eigenvalue weighted by Crippen LogP contribution is -2.61. The predicted octanol–water partition coefficient (Wildman–Crippen LogP) is 1.14. The van der Waals surface area contributed by atoms with E-state index in [1.54, 1.807) is 18.9 Å². The van der Waals surface area contributed by atoms with Crippen LogP contribution in [0.15, 0.2) is 9.95 Å². The van der Waals surface area contributed by atoms with Crippen LogP contribution in [0.2, 0.25) is 0 Å². The maximum Gasteiger partial charge on any atom is 0.493 e. The van der Waals surface area contributed by atoms with Gasteiger partial charge in [0.2, 0.25) is 0 Å². The molecule has 0 spiro atoms. The van der Waals surface area contributed by atoms with E-state index in [9.17, 15) is 22.8 Å². The first kappa shape index (κ1) is 24.2. The van der Waals surface area contributed by atoms with Crippen LogP contribution in [0.3, 0.4) is 0 Å². The molecule has 1 aromatic rings. The van der Waals surface area contributed by atoms with Crippen LogP contribution < -0.4 is 20.8 Å². The first-order chi connectivity index (χ1) is 15.1. The fraction of sp³-hybridized carbons (Fsp3) is 0.632. The van der Waals surface area contributed by atoms with E-state index in [1.165, 1.54) is 16.3 Å². The van der Waals surface area contributed by atoms with Gasteiger partial charge in [0.1, 0.15) is 0 Å². The van der Waals surface area contributed by atoms with Gasteiger partial charge in [0, 0.05) is 38.5 Å². The third kappa shape index (κ3) is 4.82. The second kappa shape index (κ2) is 9.60. The van der Waals surface area contributed by atoms with E-state index < -0.39 is 24.0 Å². The molecule has 13 heteroatoms. The molecule has 0 aliphatic carbocycles. The van der Waals surface area contributed by atoms with Crippen molar-refractivity contribution in [1.29, 1.82) is 0 Å². The molecular formula is C19H25F3N6O3S. The molecule has 176 valence electrons. The molecule has 0 saturated carbocycles. The summed E-state index contributed by atoms with van der Waals surface area (Å²) in [5.74, 6) is 3.09. The predicted molar refractivity (Wildman–Crippen MR) is 114 cm³/mol. The van der Waals surface area contributed by atoms with Gasteiger partial charge in [0.15, 0.2) is 23.0 Å². The average Bonchev–Trinajstić information content (AvgIpc) is 3.02. The summed E-state index contributed by atoms with van der Waals surface area (Å²) in [6, 6.07) is 0. The number of anilines is 2. The van der Waals surface area contributed by atoms with Gasteiger partial charge in [-0.25, -0.2) is 9.78 Å². The van der Waals surface area contributed by atoms with Crippen LogP contribution in [-0.4, -0.2) is 70.9 Å². The van der Waals surface area contributed by atoms with Crippen molar-refractivity contribution in [3.63, 3.8) is 0 Å². The lowest BCUT2D eigenvalue weighted by Gasteiger charge is -2.40. The Balaban J connectivity index is 2.18. The van der Waals surface area contributed by atoms with Crippen LogP contribution in [-0.2, 0) is 16.7 Å². The highest BCUT2D eigenvalue weighted by molar-refractivity contribution is 7.99. The normalized spacial score (nSPS) is 19.1. The molecule has 0 bridgehead atoms. The summed E-state index contributed by atoms with van der Waals surface area (Å²) in [5.41, 5.74) is -0.413. The molecule has 1 aromatic heterocycles. The fourth-order valence-corrected chi connectivity index (χ4v) is 4.25. The van der Waals surface area contributed by atoms with E-state index in [1.807, 2.05) is 18.7 Å². The highest BCUT2D eigenvalue weighted by Gasteiger charge is 2.50. The standard InChI is InChI=1S/C19H25F3N6O3S/c1-5-6-9-27-13-14(24-17(32-12(2)3)25(4)15(13)29)28(31-16(30)19(20,21)22)18(27)26-10-7-23-8-11-26/h12,18,23H,7-11H2,1-4H3. The zero-order chi connectivity index (χ0) is 23.6. The Labute approximate surface area is 187 Å². The van der Waals surface area contributed by atoms with Gasteiger partial charge in [-0.2, -0.15) is 13.2 Å². The largest absolute Gasteiger partial charge is 0.493 e. The maximum atomic E-state index is 13.3. The molecule has 1 saturated heterocycles. The van der Waals surface area contributed by atoms with Crippen LogP contribution in [0.5, 0.6) is 0 Å². The summed E-state index contributed by atoms with van der Waals surface area (Å²) in [6.45, 7) is 7.56. The lowest BCUT2D eigenvalue weighted by atomic mass is 10.3. The van der Waals surface area contributed by atoms with Crippen molar-refractivity contribution >= 4 is 29.2 Å². The number of hydrogen-bond acceptors (Lipinski definition) is 9. The van der Waals surface area contributed by atoms with Crippen molar-refractivity contribution in [3.05, 3.63) is 10.4 Å². The molecular weight excluding hydrogens is 449 g/mol. The number of hydrogen-bond donors (Lipinski definition) is 1. The first-order valence-corrected chi connectivity index (χ1v) is 10.9. The molecule has 1 unspecified atom stereocenters. The summed E-state index contributed by atoms with van der Waals surface area (Å²) in [6.07, 6.45) is -6.20. The van der Waals surface area contributed by atoms with E-state index in [4.69, 9.17) is 4.84 Å². The molecule has 3 heterocycles. The van der Waals surface area contributed by atoms with E-state index in [0.29, 0.717) is 31.3 Å². The quantitative estimate of drug-likeness (QED) is 0.384. The first-order valence-electron chi connectivity index (χ1n) is 10.0. The Hall–Kier alpha value is -2.43. The van der Waals surface area contributed by atoms with Crippen LogP contribution in [0.25, 0.3) is 0 Å². The minimum Gasteiger partial charge on any atom is -0.327 e. The monoisotopic (exact) mass is 474 g/mol. The minimum atomic E-state index is -5.21. The summed E-state index contributed by atoms with van der Waals surface area (Å²) in [4.78, 5) is 37.8. The molecule has 1 N–H and O–H groups in total. The molecule has 1 atom stereocenters. The van der Waals surface area contributed by atoms with Gasteiger partial charge in [0.25, 0.3) is 5.56 Å². The van der Waals surface area contributed by atoms with E-state index in [2.05, 4.69) is 22.1 Å². The molecule has 32 heavy (non-hydrogen) atoms. The third-order valence-electron chi connectivity index (χ3n) is 4.85. The number of carbonyl (C=O) groups excluding carboxylic acids is 1. The van der Waals surface area contributed by atoms with Gasteiger partial charge in [-0.1, -0.05) is 31.5 Å². The van der Waals surface area contributed by atoms with Crippen molar-refractivity contribution in [2.75, 3.05) is 42.7 Å². The van der Waals surface area contributed by atoms with Crippen LogP contribution in [0.1, 0.15) is 20.8 Å². The average molecular weight is 475 g/mol. The zero-order valence-corrected chi connectivity index (χ0v) is 19.0. The van der Waals surface area contributed by atoms with E-state index in [0.717, 1.165) is 5.06 Å². The molecule has 3 rings (SSSR count). The van der Waals surface area contributed by atoms with Crippen molar-refractivity contribution in [2.24, 2.45) is 7.05 Å². The molecule has 0 aromatic carbocycles. The van der Waals surface area contributed by atoms with Gasteiger partial charge < -0.3 is 15.1 Å². The third-order valence-corrected chi connectivity index (χ3v) is 5.90. The number of carbonyl (C=O) groups is 1. The van der Waals surface area contributed by atoms with Crippen LogP contribution in [0.4, 0.5) is 24.7 Å². The Morgan fingerprint density at radius 2 is 2.00 bits per heavy atom. The second-order valence-corrected chi connectivity index (χ2v) is 9.03. The van der Waals surface area contributed by atoms with Gasteiger partial charge >= 0.3 is 12.1 Å². The molecule has 2 aliphatic heterocycles. The smallest absolute Gasteiger partial charge is 0.327 e. The van der Waals surface area contributed by atoms with E-state index >= 15 is 0 Å². The van der Waals surface area contributed by atoms with Crippen molar-refractivity contribution in [1.82, 2.24) is 19.8 Å². The zero-order valence-electron chi connectivity index (χ0n) is 18.2. The number of hydroxylamine groups is 1. The Morgan fingerprint density at radius 1 is 1.34 bits per heavy atom. The Kier molecular flexibility index (Phi) is 7.26. The van der Waals surface area contributed by atoms with Gasteiger partial charge in [-0.3, -0.25) is 14.3 Å². The fourth-order valence-electron chi connectivity index (χ4n) is 3.45. The summed E-state index contributed by atoms with van der Waals surface area (Å²) in [5, 5.41) is 4.34. The second-order valence-electron chi connectivity index (χ2n) is 7.49. The van der Waals surface area contributed by atoms with Gasteiger partial charge in [-0.15, -0.1) is 11.0 Å². The number of rotatable bonds is 5. The van der Waals surface area contributed by atoms with Crippen molar-refractivity contribution in [3.8, 4) is 11.8 Å². The summed E-state index contributed by atoms with van der Waals surface area (Å²) in [7, 11) is 1.55. The number of nitrogens with one attached hydrogen (secondary N) is 1. The Morgan fingerprint density at radius 3 is 2.56 bits per heavy atom. The SMILES string of the molecule is CC#CCN1c2c(nc(SC(C)C)n(C)c2=O)N(OC(=O)C(F)(F)F)C1N1CCNCC1. The highest BCUT2D eigenvalue weighted by Crippen LogP contribution is 2.39. The van der Waals surface area contributed by atoms with Crippen LogP contribution >= 0.6 is 11.8 Å². The number of alkyl halides is 3. The van der Waals surface area contributed by atoms with Crippen molar-refractivity contribution < 1.29 is 22.8 Å². The maximum absolute atomic E-state index is 13.3.